The number of hydrogen-bond donors (Lipinski definition) is 1. The van der Waals surface area contributed by atoms with Crippen LogP contribution in [0, 0.1) is 12.8 Å². The number of carbonyl (C=O) groups is 1. The van der Waals surface area contributed by atoms with Gasteiger partial charge in [-0.15, -0.1) is 0 Å². The van der Waals surface area contributed by atoms with Crippen LogP contribution in [0.4, 0.5) is 0 Å². The fourth-order valence-corrected chi connectivity index (χ4v) is 3.43. The van der Waals surface area contributed by atoms with Crippen LogP contribution in [-0.4, -0.2) is 15.7 Å². The lowest BCUT2D eigenvalue weighted by molar-refractivity contribution is -0.122. The minimum Gasteiger partial charge on any atom is -0.347 e. The van der Waals surface area contributed by atoms with E-state index >= 15 is 0 Å². The molecule has 0 spiro atoms. The van der Waals surface area contributed by atoms with E-state index in [9.17, 15) is 9.59 Å². The standard InChI is InChI=1S/C21H21N3O2/c1-14-17-9-5-6-10-18(17)21(26)24(23-14)13-19(25)22-20(16-11-12-16)15-7-3-2-4-8-15/h2-10,16,20H,11-13H2,1H3,(H,22,25)/t20-/m0/s1. The van der Waals surface area contributed by atoms with Gasteiger partial charge in [0.05, 0.1) is 17.1 Å². The van der Waals surface area contributed by atoms with Gasteiger partial charge in [0.1, 0.15) is 6.54 Å². The van der Waals surface area contributed by atoms with Crippen molar-refractivity contribution in [2.24, 2.45) is 5.92 Å². The molecule has 1 fully saturated rings. The molecule has 1 amide bonds. The van der Waals surface area contributed by atoms with Crippen LogP contribution in [0.25, 0.3) is 10.8 Å². The highest BCUT2D eigenvalue weighted by molar-refractivity contribution is 5.83. The van der Waals surface area contributed by atoms with E-state index in [1.165, 1.54) is 4.68 Å². The number of aromatic nitrogens is 2. The van der Waals surface area contributed by atoms with Gasteiger partial charge in [-0.1, -0.05) is 48.5 Å². The summed E-state index contributed by atoms with van der Waals surface area (Å²) in [5, 5.41) is 8.84. The fourth-order valence-electron chi connectivity index (χ4n) is 3.43. The van der Waals surface area contributed by atoms with Crippen LogP contribution in [-0.2, 0) is 11.3 Å². The molecule has 5 nitrogen and oxygen atoms in total. The summed E-state index contributed by atoms with van der Waals surface area (Å²) < 4.78 is 1.27. The molecule has 5 heteroatoms. The molecule has 2 aromatic carbocycles. The third-order valence-corrected chi connectivity index (χ3v) is 4.91. The predicted octanol–water partition coefficient (Wildman–Crippen LogP) is 2.97. The summed E-state index contributed by atoms with van der Waals surface area (Å²) >= 11 is 0. The molecule has 0 saturated heterocycles. The molecule has 0 aliphatic heterocycles. The maximum absolute atomic E-state index is 12.6. The maximum Gasteiger partial charge on any atom is 0.275 e. The first kappa shape index (κ1) is 16.5. The molecule has 4 rings (SSSR count). The second-order valence-corrected chi connectivity index (χ2v) is 6.89. The van der Waals surface area contributed by atoms with E-state index in [1.54, 1.807) is 6.07 Å². The molecular weight excluding hydrogens is 326 g/mol. The minimum atomic E-state index is -0.232. The predicted molar refractivity (Wildman–Crippen MR) is 101 cm³/mol. The third kappa shape index (κ3) is 3.25. The van der Waals surface area contributed by atoms with E-state index in [2.05, 4.69) is 10.4 Å². The van der Waals surface area contributed by atoms with Gasteiger partial charge in [0, 0.05) is 5.39 Å². The highest BCUT2D eigenvalue weighted by Crippen LogP contribution is 2.40. The van der Waals surface area contributed by atoms with Crippen LogP contribution in [0.1, 0.15) is 30.1 Å². The van der Waals surface area contributed by atoms with Crippen molar-refractivity contribution in [1.82, 2.24) is 15.1 Å². The lowest BCUT2D eigenvalue weighted by Crippen LogP contribution is -2.36. The van der Waals surface area contributed by atoms with Crippen molar-refractivity contribution < 1.29 is 4.79 Å². The quantitative estimate of drug-likeness (QED) is 0.772. The summed E-state index contributed by atoms with van der Waals surface area (Å²) in [5.41, 5.74) is 1.62. The highest BCUT2D eigenvalue weighted by atomic mass is 16.2. The van der Waals surface area contributed by atoms with E-state index in [4.69, 9.17) is 0 Å². The number of fused-ring (bicyclic) bond motifs is 1. The van der Waals surface area contributed by atoms with Crippen LogP contribution < -0.4 is 10.9 Å². The molecule has 1 N–H and O–H groups in total. The van der Waals surface area contributed by atoms with Crippen LogP contribution in [0.15, 0.2) is 59.4 Å². The van der Waals surface area contributed by atoms with Gasteiger partial charge in [-0.3, -0.25) is 9.59 Å². The molecule has 1 atom stereocenters. The van der Waals surface area contributed by atoms with Crippen LogP contribution in [0.5, 0.6) is 0 Å². The number of hydrogen-bond acceptors (Lipinski definition) is 3. The summed E-state index contributed by atoms with van der Waals surface area (Å²) in [7, 11) is 0. The van der Waals surface area contributed by atoms with Crippen LogP contribution >= 0.6 is 0 Å². The average molecular weight is 347 g/mol. The first-order chi connectivity index (χ1) is 12.6. The topological polar surface area (TPSA) is 64.0 Å². The maximum atomic E-state index is 12.6. The Morgan fingerprint density at radius 1 is 1.12 bits per heavy atom. The SMILES string of the molecule is Cc1nn(CC(=O)N[C@@H](c2ccccc2)C2CC2)c(=O)c2ccccc12. The first-order valence-electron chi connectivity index (χ1n) is 8.94. The van der Waals surface area contributed by atoms with Gasteiger partial charge in [-0.2, -0.15) is 5.10 Å². The largest absolute Gasteiger partial charge is 0.347 e. The van der Waals surface area contributed by atoms with Crippen molar-refractivity contribution >= 4 is 16.7 Å². The zero-order chi connectivity index (χ0) is 18.1. The Hall–Kier alpha value is -2.95. The Morgan fingerprint density at radius 3 is 2.46 bits per heavy atom. The molecule has 1 aliphatic rings. The van der Waals surface area contributed by atoms with Gasteiger partial charge in [0.2, 0.25) is 5.91 Å². The van der Waals surface area contributed by atoms with Gasteiger partial charge >= 0.3 is 0 Å². The van der Waals surface area contributed by atoms with E-state index in [0.717, 1.165) is 29.5 Å². The third-order valence-electron chi connectivity index (χ3n) is 4.91. The highest BCUT2D eigenvalue weighted by Gasteiger charge is 2.33. The van der Waals surface area contributed by atoms with Gasteiger partial charge < -0.3 is 5.32 Å². The number of carbonyl (C=O) groups excluding carboxylic acids is 1. The van der Waals surface area contributed by atoms with Crippen molar-refractivity contribution in [3.63, 3.8) is 0 Å². The summed E-state index contributed by atoms with van der Waals surface area (Å²) in [6, 6.07) is 17.4. The molecule has 1 heterocycles. The number of amides is 1. The molecule has 26 heavy (non-hydrogen) atoms. The Labute approximate surface area is 151 Å². The minimum absolute atomic E-state index is 0.000885. The molecule has 0 unspecified atom stereocenters. The molecule has 0 bridgehead atoms. The van der Waals surface area contributed by atoms with Gasteiger partial charge in [-0.25, -0.2) is 4.68 Å². The van der Waals surface area contributed by atoms with Gasteiger partial charge in [0.25, 0.3) is 5.56 Å². The second kappa shape index (κ2) is 6.75. The van der Waals surface area contributed by atoms with Crippen molar-refractivity contribution in [1.29, 1.82) is 0 Å². The molecule has 1 aromatic heterocycles. The first-order valence-corrected chi connectivity index (χ1v) is 8.94. The zero-order valence-electron chi connectivity index (χ0n) is 14.7. The molecule has 0 radical (unpaired) electrons. The number of nitrogens with one attached hydrogen (secondary N) is 1. The van der Waals surface area contributed by atoms with Gasteiger partial charge in [-0.05, 0) is 37.3 Å². The average Bonchev–Trinajstić information content (AvgIpc) is 3.50. The Morgan fingerprint density at radius 2 is 1.77 bits per heavy atom. The number of aryl methyl sites for hydroxylation is 1. The van der Waals surface area contributed by atoms with E-state index in [1.807, 2.05) is 55.5 Å². The molecule has 1 saturated carbocycles. The summed E-state index contributed by atoms with van der Waals surface area (Å²) in [6.45, 7) is 1.79. The van der Waals surface area contributed by atoms with Crippen molar-refractivity contribution in [2.45, 2.75) is 32.4 Å². The molecule has 132 valence electrons. The molecular formula is C21H21N3O2. The number of nitrogens with zero attached hydrogens (tertiary/aromatic N) is 2. The summed E-state index contributed by atoms with van der Waals surface area (Å²) in [4.78, 5) is 25.3. The molecule has 1 aliphatic carbocycles. The van der Waals surface area contributed by atoms with Crippen LogP contribution in [0.2, 0.25) is 0 Å². The number of benzene rings is 2. The normalized spacial score (nSPS) is 15.0. The van der Waals surface area contributed by atoms with Gasteiger partial charge in [0.15, 0.2) is 0 Å². The van der Waals surface area contributed by atoms with Crippen molar-refractivity contribution in [3.8, 4) is 0 Å². The smallest absolute Gasteiger partial charge is 0.275 e. The summed E-state index contributed by atoms with van der Waals surface area (Å²) in [6.07, 6.45) is 2.24. The monoisotopic (exact) mass is 347 g/mol. The van der Waals surface area contributed by atoms with E-state index in [-0.39, 0.29) is 24.1 Å². The Bertz CT molecular complexity index is 1010. The lowest BCUT2D eigenvalue weighted by atomic mass is 10.0. The number of rotatable bonds is 5. The zero-order valence-corrected chi connectivity index (χ0v) is 14.7. The van der Waals surface area contributed by atoms with E-state index < -0.39 is 0 Å². The summed E-state index contributed by atoms with van der Waals surface area (Å²) in [5.74, 6) is 0.291. The Kier molecular flexibility index (Phi) is 4.29. The fraction of sp³-hybridized carbons (Fsp3) is 0.286. The molecule has 3 aromatic rings. The Balaban J connectivity index is 1.57. The van der Waals surface area contributed by atoms with Crippen LogP contribution in [0.3, 0.4) is 0 Å². The second-order valence-electron chi connectivity index (χ2n) is 6.89. The van der Waals surface area contributed by atoms with Crippen molar-refractivity contribution in [3.05, 3.63) is 76.2 Å². The van der Waals surface area contributed by atoms with Crippen molar-refractivity contribution in [2.75, 3.05) is 0 Å². The van der Waals surface area contributed by atoms with E-state index in [0.29, 0.717) is 11.3 Å². The lowest BCUT2D eigenvalue weighted by Gasteiger charge is -2.19.